The molecule has 3 fully saturated rings. The summed E-state index contributed by atoms with van der Waals surface area (Å²) in [7, 11) is 0. The molecule has 0 heterocycles. The second-order valence-corrected chi connectivity index (χ2v) is 4.03. The molecule has 0 spiro atoms. The highest BCUT2D eigenvalue weighted by Gasteiger charge is 2.38. The summed E-state index contributed by atoms with van der Waals surface area (Å²) in [5.41, 5.74) is 5.31. The van der Waals surface area contributed by atoms with Gasteiger partial charge in [0.15, 0.2) is 0 Å². The van der Waals surface area contributed by atoms with Crippen LogP contribution in [0, 0.1) is 17.8 Å². The van der Waals surface area contributed by atoms with Gasteiger partial charge in [-0.3, -0.25) is 4.79 Å². The zero-order valence-corrected chi connectivity index (χ0v) is 6.75. The molecule has 3 saturated carbocycles. The van der Waals surface area contributed by atoms with Crippen molar-refractivity contribution in [1.29, 1.82) is 0 Å². The average molecular weight is 153 g/mol. The second-order valence-electron chi connectivity index (χ2n) is 4.03. The van der Waals surface area contributed by atoms with Crippen LogP contribution in [0.2, 0.25) is 0 Å². The minimum atomic E-state index is -0.0561. The summed E-state index contributed by atoms with van der Waals surface area (Å²) in [4.78, 5) is 11.0. The molecule has 0 aromatic rings. The zero-order valence-electron chi connectivity index (χ0n) is 6.75. The van der Waals surface area contributed by atoms with Gasteiger partial charge in [0.25, 0.3) is 0 Å². The van der Waals surface area contributed by atoms with Gasteiger partial charge in [-0.25, -0.2) is 0 Å². The minimum Gasteiger partial charge on any atom is -0.369 e. The highest BCUT2D eigenvalue weighted by molar-refractivity contribution is 5.77. The Balaban J connectivity index is 2.08. The van der Waals surface area contributed by atoms with E-state index in [9.17, 15) is 4.79 Å². The van der Waals surface area contributed by atoms with Crippen LogP contribution in [0.5, 0.6) is 0 Å². The third kappa shape index (κ3) is 1.15. The molecule has 0 aliphatic heterocycles. The Hall–Kier alpha value is -0.530. The molecule has 2 bridgehead atoms. The van der Waals surface area contributed by atoms with Crippen LogP contribution in [-0.2, 0) is 4.79 Å². The smallest absolute Gasteiger partial charge is 0.220 e. The van der Waals surface area contributed by atoms with Crippen LogP contribution in [0.15, 0.2) is 0 Å². The molecule has 3 aliphatic carbocycles. The number of nitrogens with two attached hydrogens (primary N) is 1. The Morgan fingerprint density at radius 1 is 1.18 bits per heavy atom. The van der Waals surface area contributed by atoms with E-state index in [2.05, 4.69) is 0 Å². The Morgan fingerprint density at radius 2 is 1.82 bits per heavy atom. The maximum Gasteiger partial charge on any atom is 0.220 e. The number of carbonyl (C=O) groups excluding carboxylic acids is 1. The molecule has 11 heavy (non-hydrogen) atoms. The van der Waals surface area contributed by atoms with Gasteiger partial charge in [-0.05, 0) is 31.1 Å². The Labute approximate surface area is 67.1 Å². The van der Waals surface area contributed by atoms with Crippen LogP contribution in [0.1, 0.15) is 32.1 Å². The summed E-state index contributed by atoms with van der Waals surface area (Å²) < 4.78 is 0. The summed E-state index contributed by atoms with van der Waals surface area (Å²) >= 11 is 0. The summed E-state index contributed by atoms with van der Waals surface area (Å²) in [5, 5.41) is 0. The van der Waals surface area contributed by atoms with Crippen molar-refractivity contribution in [3.05, 3.63) is 0 Å². The number of primary amides is 1. The fourth-order valence-electron chi connectivity index (χ4n) is 2.73. The summed E-state index contributed by atoms with van der Waals surface area (Å²) in [6.45, 7) is 0. The summed E-state index contributed by atoms with van der Waals surface area (Å²) in [6, 6.07) is 0. The van der Waals surface area contributed by atoms with Crippen molar-refractivity contribution in [3.8, 4) is 0 Å². The summed E-state index contributed by atoms with van der Waals surface area (Å²) in [6.07, 6.45) is 6.26. The van der Waals surface area contributed by atoms with Crippen LogP contribution in [0.3, 0.4) is 0 Å². The van der Waals surface area contributed by atoms with Crippen LogP contribution in [-0.4, -0.2) is 5.91 Å². The largest absolute Gasteiger partial charge is 0.369 e. The van der Waals surface area contributed by atoms with Crippen molar-refractivity contribution >= 4 is 5.91 Å². The number of carbonyl (C=O) groups is 1. The molecule has 0 aromatic heterocycles. The summed E-state index contributed by atoms with van der Waals surface area (Å²) in [5.74, 6) is 1.62. The van der Waals surface area contributed by atoms with Gasteiger partial charge in [0.05, 0.1) is 0 Å². The van der Waals surface area contributed by atoms with Crippen LogP contribution in [0.25, 0.3) is 0 Å². The highest BCUT2D eigenvalue weighted by atomic mass is 16.1. The van der Waals surface area contributed by atoms with E-state index >= 15 is 0 Å². The Kier molecular flexibility index (Phi) is 1.63. The third-order valence-electron chi connectivity index (χ3n) is 3.41. The van der Waals surface area contributed by atoms with Crippen molar-refractivity contribution in [2.45, 2.75) is 32.1 Å². The van der Waals surface area contributed by atoms with Crippen molar-refractivity contribution in [3.63, 3.8) is 0 Å². The number of hydrogen-bond donors (Lipinski definition) is 1. The van der Waals surface area contributed by atoms with Gasteiger partial charge in [-0.2, -0.15) is 0 Å². The van der Waals surface area contributed by atoms with E-state index in [4.69, 9.17) is 5.73 Å². The molecule has 3 rings (SSSR count). The first kappa shape index (κ1) is 7.14. The SMILES string of the molecule is NC(=O)[C@H]1CC2CCC1CC2. The van der Waals surface area contributed by atoms with Crippen LogP contribution in [0.4, 0.5) is 0 Å². The lowest BCUT2D eigenvalue weighted by atomic mass is 9.64. The van der Waals surface area contributed by atoms with Crippen molar-refractivity contribution in [2.24, 2.45) is 23.5 Å². The van der Waals surface area contributed by atoms with E-state index in [-0.39, 0.29) is 11.8 Å². The molecule has 0 saturated heterocycles. The lowest BCUT2D eigenvalue weighted by Crippen LogP contribution is -2.39. The van der Waals surface area contributed by atoms with Crippen molar-refractivity contribution in [2.75, 3.05) is 0 Å². The van der Waals surface area contributed by atoms with Crippen LogP contribution >= 0.6 is 0 Å². The zero-order chi connectivity index (χ0) is 7.84. The first-order valence-corrected chi connectivity index (χ1v) is 4.56. The maximum absolute atomic E-state index is 11.0. The minimum absolute atomic E-state index is 0.0561. The number of fused-ring (bicyclic) bond motifs is 3. The molecule has 2 N–H and O–H groups in total. The lowest BCUT2D eigenvalue weighted by Gasteiger charge is -2.40. The Bertz CT molecular complexity index is 170. The van der Waals surface area contributed by atoms with E-state index in [0.29, 0.717) is 5.92 Å². The lowest BCUT2D eigenvalue weighted by molar-refractivity contribution is -0.126. The molecular formula is C9H15NO. The monoisotopic (exact) mass is 153 g/mol. The number of amides is 1. The third-order valence-corrected chi connectivity index (χ3v) is 3.41. The van der Waals surface area contributed by atoms with Crippen LogP contribution < -0.4 is 5.73 Å². The van der Waals surface area contributed by atoms with E-state index in [1.165, 1.54) is 25.7 Å². The quantitative estimate of drug-likeness (QED) is 0.606. The molecule has 2 nitrogen and oxygen atoms in total. The van der Waals surface area contributed by atoms with Gasteiger partial charge in [0, 0.05) is 5.92 Å². The average Bonchev–Trinajstić information content (AvgIpc) is 2.06. The molecule has 62 valence electrons. The van der Waals surface area contributed by atoms with E-state index in [1.54, 1.807) is 0 Å². The van der Waals surface area contributed by atoms with Gasteiger partial charge in [-0.15, -0.1) is 0 Å². The molecule has 3 aliphatic rings. The van der Waals surface area contributed by atoms with E-state index < -0.39 is 0 Å². The van der Waals surface area contributed by atoms with Gasteiger partial charge >= 0.3 is 0 Å². The molecule has 0 aromatic carbocycles. The predicted octanol–water partition coefficient (Wildman–Crippen LogP) is 1.30. The fourth-order valence-corrected chi connectivity index (χ4v) is 2.73. The molecular weight excluding hydrogens is 138 g/mol. The predicted molar refractivity (Wildman–Crippen MR) is 42.7 cm³/mol. The van der Waals surface area contributed by atoms with Crippen molar-refractivity contribution in [1.82, 2.24) is 0 Å². The number of hydrogen-bond acceptors (Lipinski definition) is 1. The Morgan fingerprint density at radius 3 is 2.09 bits per heavy atom. The standard InChI is InChI=1S/C9H15NO/c10-9(11)8-5-6-1-3-7(8)4-2-6/h6-8H,1-5H2,(H2,10,11)/t6?,7?,8-/m0/s1. The fraction of sp³-hybridized carbons (Fsp3) is 0.889. The normalized spacial score (nSPS) is 42.4. The van der Waals surface area contributed by atoms with Gasteiger partial charge in [0.1, 0.15) is 0 Å². The molecule has 1 amide bonds. The first-order valence-electron chi connectivity index (χ1n) is 4.56. The van der Waals surface area contributed by atoms with Gasteiger partial charge in [0.2, 0.25) is 5.91 Å². The highest BCUT2D eigenvalue weighted by Crippen LogP contribution is 2.44. The molecule has 0 radical (unpaired) electrons. The van der Waals surface area contributed by atoms with Gasteiger partial charge in [-0.1, -0.05) is 12.8 Å². The van der Waals surface area contributed by atoms with E-state index in [1.807, 2.05) is 0 Å². The molecule has 1 atom stereocenters. The number of rotatable bonds is 1. The topological polar surface area (TPSA) is 43.1 Å². The van der Waals surface area contributed by atoms with Gasteiger partial charge < -0.3 is 5.73 Å². The van der Waals surface area contributed by atoms with E-state index in [0.717, 1.165) is 12.3 Å². The second kappa shape index (κ2) is 2.50. The molecule has 0 unspecified atom stereocenters. The first-order chi connectivity index (χ1) is 5.27. The van der Waals surface area contributed by atoms with Crippen molar-refractivity contribution < 1.29 is 4.79 Å². The molecule has 2 heteroatoms. The maximum atomic E-state index is 11.0.